The molecule has 0 aromatic carbocycles. The molecule has 6 nitrogen and oxygen atoms in total. The molecule has 372 valence electrons. The van der Waals surface area contributed by atoms with Crippen LogP contribution in [0.4, 0.5) is 0 Å². The van der Waals surface area contributed by atoms with Gasteiger partial charge in [0.25, 0.3) is 0 Å². The van der Waals surface area contributed by atoms with E-state index in [9.17, 15) is 14.4 Å². The van der Waals surface area contributed by atoms with E-state index >= 15 is 0 Å². The maximum Gasteiger partial charge on any atom is 0.306 e. The molecular formula is C59H100O6. The van der Waals surface area contributed by atoms with E-state index in [0.717, 1.165) is 96.3 Å². The fourth-order valence-electron chi connectivity index (χ4n) is 7.40. The molecule has 0 heterocycles. The third kappa shape index (κ3) is 51.4. The minimum atomic E-state index is -0.801. The second-order valence-electron chi connectivity index (χ2n) is 17.7. The van der Waals surface area contributed by atoms with Crippen LogP contribution in [0.2, 0.25) is 0 Å². The molecule has 0 aromatic heterocycles. The van der Waals surface area contributed by atoms with Crippen LogP contribution < -0.4 is 0 Å². The first-order valence-electron chi connectivity index (χ1n) is 27.1. The van der Waals surface area contributed by atoms with Crippen LogP contribution in [0, 0.1) is 0 Å². The molecule has 0 aliphatic rings. The van der Waals surface area contributed by atoms with Gasteiger partial charge >= 0.3 is 17.9 Å². The van der Waals surface area contributed by atoms with E-state index in [1.165, 1.54) is 109 Å². The van der Waals surface area contributed by atoms with Gasteiger partial charge < -0.3 is 14.2 Å². The van der Waals surface area contributed by atoms with Crippen LogP contribution in [-0.4, -0.2) is 37.2 Å². The number of hydrogen-bond donors (Lipinski definition) is 0. The van der Waals surface area contributed by atoms with Gasteiger partial charge in [0.1, 0.15) is 13.2 Å². The molecule has 65 heavy (non-hydrogen) atoms. The highest BCUT2D eigenvalue weighted by molar-refractivity contribution is 5.71. The average molecular weight is 905 g/mol. The lowest BCUT2D eigenvalue weighted by atomic mass is 10.0. The van der Waals surface area contributed by atoms with Crippen molar-refractivity contribution in [3.8, 4) is 0 Å². The summed E-state index contributed by atoms with van der Waals surface area (Å²) < 4.78 is 16.8. The molecule has 0 N–H and O–H groups in total. The lowest BCUT2D eigenvalue weighted by molar-refractivity contribution is -0.167. The van der Waals surface area contributed by atoms with Crippen molar-refractivity contribution in [2.45, 2.75) is 258 Å². The van der Waals surface area contributed by atoms with Crippen molar-refractivity contribution in [3.63, 3.8) is 0 Å². The normalized spacial score (nSPS) is 12.7. The van der Waals surface area contributed by atoms with E-state index in [4.69, 9.17) is 14.2 Å². The number of carbonyl (C=O) groups excluding carboxylic acids is 3. The Bertz CT molecular complexity index is 1270. The van der Waals surface area contributed by atoms with Gasteiger partial charge in [-0.05, 0) is 83.5 Å². The van der Waals surface area contributed by atoms with Crippen molar-refractivity contribution in [1.29, 1.82) is 0 Å². The molecule has 0 radical (unpaired) electrons. The third-order valence-corrected chi connectivity index (χ3v) is 11.4. The van der Waals surface area contributed by atoms with Crippen molar-refractivity contribution in [2.24, 2.45) is 0 Å². The second kappa shape index (κ2) is 53.2. The van der Waals surface area contributed by atoms with Crippen LogP contribution in [0.1, 0.15) is 252 Å². The summed E-state index contributed by atoms with van der Waals surface area (Å²) in [4.78, 5) is 38.0. The molecule has 6 heteroatoms. The Balaban J connectivity index is 4.47. The van der Waals surface area contributed by atoms with Crippen molar-refractivity contribution >= 4 is 17.9 Å². The summed E-state index contributed by atoms with van der Waals surface area (Å²) in [7, 11) is 0. The van der Waals surface area contributed by atoms with Crippen molar-refractivity contribution < 1.29 is 28.6 Å². The van der Waals surface area contributed by atoms with Gasteiger partial charge in [0, 0.05) is 19.3 Å². The summed E-state index contributed by atoms with van der Waals surface area (Å²) in [5.41, 5.74) is 0. The van der Waals surface area contributed by atoms with Gasteiger partial charge in [-0.2, -0.15) is 0 Å². The van der Waals surface area contributed by atoms with E-state index in [0.29, 0.717) is 19.3 Å². The third-order valence-electron chi connectivity index (χ3n) is 11.4. The Labute approximate surface area is 401 Å². The number of allylic oxidation sites excluding steroid dienone is 14. The maximum absolute atomic E-state index is 12.8. The van der Waals surface area contributed by atoms with Gasteiger partial charge in [-0.1, -0.05) is 234 Å². The standard InChI is InChI=1S/C59H100O6/c1-4-7-10-13-16-19-22-25-28-30-32-34-37-40-43-46-49-52-58(61)64-55-56(54-63-57(60)51-48-45-42-39-36-33-27-24-21-18-15-12-9-6-3)65-59(62)53-50-47-44-41-38-35-31-29-26-23-20-17-14-11-8-5-2/h7,9-10,12,16,18-19,21,25,28,32,34,40,43,56H,4-6,8,11,13-15,17,20,22-24,26-27,29-31,33,35-39,41-42,44-55H2,1-3H3/b10-7-,12-9-,19-16-,21-18-,28-25-,34-32-,43-40-. The lowest BCUT2D eigenvalue weighted by Crippen LogP contribution is -2.30. The van der Waals surface area contributed by atoms with Gasteiger partial charge in [-0.3, -0.25) is 14.4 Å². The molecule has 1 unspecified atom stereocenters. The van der Waals surface area contributed by atoms with Crippen LogP contribution in [0.15, 0.2) is 85.1 Å². The molecule has 0 aromatic rings. The van der Waals surface area contributed by atoms with Crippen molar-refractivity contribution in [3.05, 3.63) is 85.1 Å². The Morgan fingerprint density at radius 1 is 0.323 bits per heavy atom. The molecule has 0 rings (SSSR count). The highest BCUT2D eigenvalue weighted by Gasteiger charge is 2.19. The molecule has 0 aliphatic heterocycles. The Hall–Kier alpha value is -3.41. The zero-order chi connectivity index (χ0) is 47.2. The second-order valence-corrected chi connectivity index (χ2v) is 17.7. The number of unbranched alkanes of at least 4 members (excludes halogenated alkanes) is 23. The van der Waals surface area contributed by atoms with E-state index in [1.54, 1.807) is 0 Å². The monoisotopic (exact) mass is 905 g/mol. The fraction of sp³-hybridized carbons (Fsp3) is 0.712. The van der Waals surface area contributed by atoms with Crippen LogP contribution >= 0.6 is 0 Å². The highest BCUT2D eigenvalue weighted by Crippen LogP contribution is 2.15. The predicted octanol–water partition coefficient (Wildman–Crippen LogP) is 18.0. The summed E-state index contributed by atoms with van der Waals surface area (Å²) in [5, 5.41) is 0. The van der Waals surface area contributed by atoms with Gasteiger partial charge in [0.2, 0.25) is 0 Å². The van der Waals surface area contributed by atoms with Crippen molar-refractivity contribution in [1.82, 2.24) is 0 Å². The number of esters is 3. The molecule has 0 saturated carbocycles. The first kappa shape index (κ1) is 61.6. The SMILES string of the molecule is CC/C=C\C/C=C\C/C=C\C/C=C\C/C=C\CCCC(=O)OCC(COC(=O)CCCCCCCCC/C=C\C/C=C\CC)OC(=O)CCCCCCCCCCCCCCCCCC. The number of carbonyl (C=O) groups is 3. The Morgan fingerprint density at radius 2 is 0.615 bits per heavy atom. The minimum absolute atomic E-state index is 0.0970. The van der Waals surface area contributed by atoms with Gasteiger partial charge in [-0.15, -0.1) is 0 Å². The Kier molecular flexibility index (Phi) is 50.4. The molecular weight excluding hydrogens is 805 g/mol. The summed E-state index contributed by atoms with van der Waals surface area (Å²) in [5.74, 6) is -0.961. The minimum Gasteiger partial charge on any atom is -0.462 e. The summed E-state index contributed by atoms with van der Waals surface area (Å²) in [6.07, 6.45) is 68.6. The van der Waals surface area contributed by atoms with Gasteiger partial charge in [0.05, 0.1) is 0 Å². The zero-order valence-corrected chi connectivity index (χ0v) is 42.5. The fourth-order valence-corrected chi connectivity index (χ4v) is 7.40. The van der Waals surface area contributed by atoms with Crippen molar-refractivity contribution in [2.75, 3.05) is 13.2 Å². The molecule has 0 amide bonds. The van der Waals surface area contributed by atoms with Crippen LogP contribution in [-0.2, 0) is 28.6 Å². The maximum atomic E-state index is 12.8. The highest BCUT2D eigenvalue weighted by atomic mass is 16.6. The van der Waals surface area contributed by atoms with Crippen LogP contribution in [0.3, 0.4) is 0 Å². The lowest BCUT2D eigenvalue weighted by Gasteiger charge is -2.18. The molecule has 0 fully saturated rings. The summed E-state index contributed by atoms with van der Waals surface area (Å²) >= 11 is 0. The summed E-state index contributed by atoms with van der Waals surface area (Å²) in [6.45, 7) is 6.38. The molecule has 0 bridgehead atoms. The zero-order valence-electron chi connectivity index (χ0n) is 42.5. The van der Waals surface area contributed by atoms with Crippen LogP contribution in [0.5, 0.6) is 0 Å². The number of ether oxygens (including phenoxy) is 3. The van der Waals surface area contributed by atoms with Gasteiger partial charge in [-0.25, -0.2) is 0 Å². The van der Waals surface area contributed by atoms with E-state index < -0.39 is 6.10 Å². The summed E-state index contributed by atoms with van der Waals surface area (Å²) in [6, 6.07) is 0. The van der Waals surface area contributed by atoms with Gasteiger partial charge in [0.15, 0.2) is 6.10 Å². The molecule has 0 saturated heterocycles. The largest absolute Gasteiger partial charge is 0.462 e. The number of rotatable bonds is 48. The smallest absolute Gasteiger partial charge is 0.306 e. The molecule has 1 atom stereocenters. The number of hydrogen-bond acceptors (Lipinski definition) is 6. The van der Waals surface area contributed by atoms with E-state index in [2.05, 4.69) is 106 Å². The van der Waals surface area contributed by atoms with E-state index in [1.807, 2.05) is 0 Å². The molecule has 0 spiro atoms. The van der Waals surface area contributed by atoms with E-state index in [-0.39, 0.29) is 37.5 Å². The average Bonchev–Trinajstić information content (AvgIpc) is 3.30. The predicted molar refractivity (Wildman–Crippen MR) is 279 cm³/mol. The quantitative estimate of drug-likeness (QED) is 0.0262. The van der Waals surface area contributed by atoms with Crippen LogP contribution in [0.25, 0.3) is 0 Å². The molecule has 0 aliphatic carbocycles. The first-order valence-corrected chi connectivity index (χ1v) is 27.1. The first-order chi connectivity index (χ1) is 32.0. The topological polar surface area (TPSA) is 78.9 Å². The Morgan fingerprint density at radius 3 is 1.00 bits per heavy atom.